The fourth-order valence-electron chi connectivity index (χ4n) is 3.16. The van der Waals surface area contributed by atoms with E-state index in [1.807, 2.05) is 34.6 Å². The van der Waals surface area contributed by atoms with Crippen molar-refractivity contribution in [1.82, 2.24) is 0 Å². The summed E-state index contributed by atoms with van der Waals surface area (Å²) in [5.41, 5.74) is 6.65. The summed E-state index contributed by atoms with van der Waals surface area (Å²) in [6.07, 6.45) is 1.93. The van der Waals surface area contributed by atoms with Crippen LogP contribution in [0.5, 0.6) is 11.5 Å². The maximum Gasteiger partial charge on any atom is 0.323 e. The third kappa shape index (κ3) is 13.0. The highest BCUT2D eigenvalue weighted by atomic mass is 16.6. The summed E-state index contributed by atoms with van der Waals surface area (Å²) < 4.78 is 21.5. The van der Waals surface area contributed by atoms with E-state index in [2.05, 4.69) is 0 Å². The van der Waals surface area contributed by atoms with Crippen LogP contribution < -0.4 is 15.2 Å². The number of benzene rings is 1. The zero-order valence-corrected chi connectivity index (χ0v) is 23.9. The summed E-state index contributed by atoms with van der Waals surface area (Å²) in [6.45, 7) is 13.2. The van der Waals surface area contributed by atoms with Crippen LogP contribution in [0.3, 0.4) is 0 Å². The minimum atomic E-state index is -1.00. The lowest BCUT2D eigenvalue weighted by Crippen LogP contribution is -2.36. The van der Waals surface area contributed by atoms with Crippen LogP contribution in [0.1, 0.15) is 86.1 Å². The summed E-state index contributed by atoms with van der Waals surface area (Å²) in [4.78, 5) is 49.0. The van der Waals surface area contributed by atoms with Crippen LogP contribution in [0.15, 0.2) is 18.2 Å². The molecule has 1 unspecified atom stereocenters. The molecule has 0 aliphatic rings. The van der Waals surface area contributed by atoms with Gasteiger partial charge in [0, 0.05) is 12.8 Å². The molecule has 0 heterocycles. The Hall–Kier alpha value is -2.94. The van der Waals surface area contributed by atoms with Crippen molar-refractivity contribution in [3.05, 3.63) is 23.8 Å². The van der Waals surface area contributed by atoms with Crippen molar-refractivity contribution in [2.24, 2.45) is 23.5 Å². The average molecular weight is 536 g/mol. The van der Waals surface area contributed by atoms with Crippen LogP contribution in [0.4, 0.5) is 0 Å². The SMILES string of the molecule is CCC(C)C(=O)O[C@@H](C)COC(=O)[C@@H](N)Cc1ccc(OC(=O)CCC(C)C)c(OC(=O)CCC(C)C)c1. The molecule has 3 atom stereocenters. The molecule has 0 fully saturated rings. The molecule has 1 aromatic carbocycles. The Morgan fingerprint density at radius 2 is 1.37 bits per heavy atom. The summed E-state index contributed by atoms with van der Waals surface area (Å²) in [5, 5.41) is 0. The zero-order valence-electron chi connectivity index (χ0n) is 23.9. The lowest BCUT2D eigenvalue weighted by Gasteiger charge is -2.18. The number of hydrogen-bond acceptors (Lipinski definition) is 9. The molecule has 9 nitrogen and oxygen atoms in total. The van der Waals surface area contributed by atoms with Crippen LogP contribution in [-0.2, 0) is 35.1 Å². The first kappa shape index (κ1) is 33.1. The summed E-state index contributed by atoms with van der Waals surface area (Å²) in [5.74, 6) is -1.21. The van der Waals surface area contributed by atoms with Crippen LogP contribution in [0.25, 0.3) is 0 Å². The second-order valence-corrected chi connectivity index (χ2v) is 10.6. The van der Waals surface area contributed by atoms with E-state index in [1.165, 1.54) is 6.07 Å². The van der Waals surface area contributed by atoms with Crippen LogP contribution in [0, 0.1) is 17.8 Å². The van der Waals surface area contributed by atoms with Gasteiger partial charge in [0.25, 0.3) is 0 Å². The number of esters is 4. The van der Waals surface area contributed by atoms with Crippen molar-refractivity contribution in [2.75, 3.05) is 6.61 Å². The van der Waals surface area contributed by atoms with Crippen molar-refractivity contribution < 1.29 is 38.1 Å². The highest BCUT2D eigenvalue weighted by molar-refractivity contribution is 5.77. The second kappa shape index (κ2) is 16.8. The predicted molar refractivity (Wildman–Crippen MR) is 144 cm³/mol. The molecule has 0 bridgehead atoms. The van der Waals surface area contributed by atoms with Crippen molar-refractivity contribution in [2.45, 2.75) is 99.1 Å². The number of carbonyl (C=O) groups excluding carboxylic acids is 4. The van der Waals surface area contributed by atoms with Crippen molar-refractivity contribution in [1.29, 1.82) is 0 Å². The van der Waals surface area contributed by atoms with Gasteiger partial charge < -0.3 is 24.7 Å². The molecule has 0 aliphatic carbocycles. The number of rotatable bonds is 16. The number of nitrogens with two attached hydrogens (primary N) is 1. The highest BCUT2D eigenvalue weighted by Crippen LogP contribution is 2.30. The van der Waals surface area contributed by atoms with Gasteiger partial charge in [-0.25, -0.2) is 0 Å². The second-order valence-electron chi connectivity index (χ2n) is 10.6. The fraction of sp³-hybridized carbons (Fsp3) is 0.655. The van der Waals surface area contributed by atoms with Crippen LogP contribution in [0.2, 0.25) is 0 Å². The molecule has 0 aromatic heterocycles. The standard InChI is InChI=1S/C29H45NO8/c1-8-20(6)28(33)36-21(7)17-35-29(34)23(30)15-22-11-12-24(37-26(31)13-9-18(2)3)25(16-22)38-27(32)14-10-19(4)5/h11-12,16,18-21,23H,8-10,13-15,17,30H2,1-7H3/t20?,21-,23-/m0/s1. The molecule has 0 radical (unpaired) electrons. The van der Waals surface area contributed by atoms with Crippen molar-refractivity contribution >= 4 is 23.9 Å². The van der Waals surface area contributed by atoms with Gasteiger partial charge in [0.1, 0.15) is 18.8 Å². The number of hydrogen-bond donors (Lipinski definition) is 1. The lowest BCUT2D eigenvalue weighted by atomic mass is 10.1. The maximum absolute atomic E-state index is 12.4. The van der Waals surface area contributed by atoms with E-state index < -0.39 is 30.1 Å². The fourth-order valence-corrected chi connectivity index (χ4v) is 3.16. The number of ether oxygens (including phenoxy) is 4. The highest BCUT2D eigenvalue weighted by Gasteiger charge is 2.22. The molecule has 2 N–H and O–H groups in total. The Morgan fingerprint density at radius 3 is 1.89 bits per heavy atom. The Morgan fingerprint density at radius 1 is 0.816 bits per heavy atom. The van der Waals surface area contributed by atoms with Gasteiger partial charge >= 0.3 is 23.9 Å². The summed E-state index contributed by atoms with van der Waals surface area (Å²) in [7, 11) is 0. The first-order valence-corrected chi connectivity index (χ1v) is 13.5. The summed E-state index contributed by atoms with van der Waals surface area (Å²) in [6, 6.07) is 3.72. The van der Waals surface area contributed by atoms with Gasteiger partial charge in [0.15, 0.2) is 11.5 Å². The minimum absolute atomic E-state index is 0.0952. The Labute approximate surface area is 226 Å². The van der Waals surface area contributed by atoms with E-state index >= 15 is 0 Å². The molecule has 0 amide bonds. The maximum atomic E-state index is 12.4. The summed E-state index contributed by atoms with van der Waals surface area (Å²) >= 11 is 0. The van der Waals surface area contributed by atoms with Gasteiger partial charge in [-0.1, -0.05) is 47.6 Å². The van der Waals surface area contributed by atoms with Gasteiger partial charge in [-0.2, -0.15) is 0 Å². The van der Waals surface area contributed by atoms with E-state index in [9.17, 15) is 19.2 Å². The molecule has 0 saturated carbocycles. The van der Waals surface area contributed by atoms with Gasteiger partial charge in [-0.05, 0) is 62.1 Å². The molecule has 38 heavy (non-hydrogen) atoms. The van der Waals surface area contributed by atoms with Crippen LogP contribution in [-0.4, -0.2) is 42.6 Å². The van der Waals surface area contributed by atoms with Crippen molar-refractivity contribution in [3.63, 3.8) is 0 Å². The Kier molecular flexibility index (Phi) is 14.6. The predicted octanol–water partition coefficient (Wildman–Crippen LogP) is 4.76. The largest absolute Gasteiger partial charge is 0.461 e. The Bertz CT molecular complexity index is 927. The van der Waals surface area contributed by atoms with E-state index in [0.717, 1.165) is 0 Å². The van der Waals surface area contributed by atoms with E-state index in [1.54, 1.807) is 26.0 Å². The first-order chi connectivity index (χ1) is 17.8. The van der Waals surface area contributed by atoms with E-state index in [-0.39, 0.29) is 49.3 Å². The van der Waals surface area contributed by atoms with E-state index in [4.69, 9.17) is 24.7 Å². The zero-order chi connectivity index (χ0) is 28.8. The molecule has 9 heteroatoms. The minimum Gasteiger partial charge on any atom is -0.461 e. The van der Waals surface area contributed by atoms with E-state index in [0.29, 0.717) is 36.7 Å². The van der Waals surface area contributed by atoms with Gasteiger partial charge in [-0.3, -0.25) is 19.2 Å². The third-order valence-electron chi connectivity index (χ3n) is 5.86. The number of carbonyl (C=O) groups is 4. The monoisotopic (exact) mass is 535 g/mol. The molecule has 0 saturated heterocycles. The molecular formula is C29H45NO8. The molecule has 0 spiro atoms. The van der Waals surface area contributed by atoms with Crippen LogP contribution >= 0.6 is 0 Å². The molecule has 1 rings (SSSR count). The smallest absolute Gasteiger partial charge is 0.323 e. The van der Waals surface area contributed by atoms with Crippen molar-refractivity contribution in [3.8, 4) is 11.5 Å². The molecule has 1 aromatic rings. The van der Waals surface area contributed by atoms with Gasteiger partial charge in [-0.15, -0.1) is 0 Å². The normalized spacial score (nSPS) is 13.5. The topological polar surface area (TPSA) is 131 Å². The lowest BCUT2D eigenvalue weighted by molar-refractivity contribution is -0.161. The molecule has 0 aliphatic heterocycles. The first-order valence-electron chi connectivity index (χ1n) is 13.5. The molecule has 214 valence electrons. The van der Waals surface area contributed by atoms with Gasteiger partial charge in [0.05, 0.1) is 5.92 Å². The average Bonchev–Trinajstić information content (AvgIpc) is 2.85. The molecular weight excluding hydrogens is 490 g/mol. The Balaban J connectivity index is 2.86. The van der Waals surface area contributed by atoms with Gasteiger partial charge in [0.2, 0.25) is 0 Å². The third-order valence-corrected chi connectivity index (χ3v) is 5.86. The quantitative estimate of drug-likeness (QED) is 0.235.